The van der Waals surface area contributed by atoms with E-state index in [0.717, 1.165) is 11.5 Å². The molecule has 0 N–H and O–H groups in total. The van der Waals surface area contributed by atoms with Gasteiger partial charge in [0.1, 0.15) is 21.3 Å². The van der Waals surface area contributed by atoms with Crippen molar-refractivity contribution in [2.75, 3.05) is 0 Å². The first-order valence-corrected chi connectivity index (χ1v) is 10.7. The Kier molecular flexibility index (Phi) is 5.46. The van der Waals surface area contributed by atoms with E-state index < -0.39 is 21.6 Å². The Morgan fingerprint density at radius 2 is 1.67 bits per heavy atom. The molecule has 140 valence electrons. The number of sulfone groups is 1. The van der Waals surface area contributed by atoms with Gasteiger partial charge in [0.25, 0.3) is 0 Å². The number of carbonyl (C=O) groups is 1. The molecule has 3 rings (SSSR count). The Morgan fingerprint density at radius 3 is 2.22 bits per heavy atom. The van der Waals surface area contributed by atoms with Gasteiger partial charge < -0.3 is 0 Å². The summed E-state index contributed by atoms with van der Waals surface area (Å²) in [5, 5.41) is 0.398. The monoisotopic (exact) mass is 423 g/mol. The van der Waals surface area contributed by atoms with E-state index in [1.807, 2.05) is 0 Å². The molecule has 0 unspecified atom stereocenters. The number of carbonyl (C=O) groups excluding carboxylic acids is 1. The molecule has 1 heterocycles. The Hall–Kier alpha value is -2.09. The second-order valence-corrected chi connectivity index (χ2v) is 9.27. The summed E-state index contributed by atoms with van der Waals surface area (Å²) < 4.78 is 44.1. The fourth-order valence-electron chi connectivity index (χ4n) is 2.47. The largest absolute Gasteiger partial charge is 0.293 e. The Morgan fingerprint density at radius 1 is 1.07 bits per heavy atom. The van der Waals surface area contributed by atoms with E-state index in [9.17, 15) is 17.6 Å². The fraction of sp³-hybridized carbons (Fsp3) is 0.158. The van der Waals surface area contributed by atoms with Crippen molar-refractivity contribution >= 4 is 38.8 Å². The summed E-state index contributed by atoms with van der Waals surface area (Å²) in [6.45, 7) is 3.39. The molecule has 0 atom stereocenters. The van der Waals surface area contributed by atoms with E-state index in [-0.39, 0.29) is 26.1 Å². The number of hydrogen-bond donors (Lipinski definition) is 0. The van der Waals surface area contributed by atoms with Crippen LogP contribution in [0.25, 0.3) is 11.3 Å². The zero-order chi connectivity index (χ0) is 19.8. The average molecular weight is 424 g/mol. The van der Waals surface area contributed by atoms with Crippen LogP contribution < -0.4 is 0 Å². The molecule has 0 spiro atoms. The molecule has 0 bridgehead atoms. The molecule has 0 amide bonds. The maximum Gasteiger partial charge on any atom is 0.210 e. The first kappa shape index (κ1) is 19.7. The second kappa shape index (κ2) is 7.50. The van der Waals surface area contributed by atoms with Crippen LogP contribution >= 0.6 is 23.1 Å². The molecule has 3 aromatic rings. The number of hydrogen-bond acceptors (Lipinski definition) is 5. The quantitative estimate of drug-likeness (QED) is 0.524. The topological polar surface area (TPSA) is 64.1 Å². The highest BCUT2D eigenvalue weighted by atomic mass is 35.5. The summed E-state index contributed by atoms with van der Waals surface area (Å²) >= 11 is 6.69. The molecule has 8 heteroatoms. The number of Topliss-reactive ketones (excluding diaryl/α,β-unsaturated/α-hetero) is 1. The van der Waals surface area contributed by atoms with E-state index in [1.54, 1.807) is 13.8 Å². The van der Waals surface area contributed by atoms with Crippen molar-refractivity contribution in [1.29, 1.82) is 0 Å². The zero-order valence-electron chi connectivity index (χ0n) is 14.4. The summed E-state index contributed by atoms with van der Waals surface area (Å²) in [6, 6.07) is 11.0. The Balaban J connectivity index is 2.27. The summed E-state index contributed by atoms with van der Waals surface area (Å²) in [4.78, 5) is 12.5. The highest BCUT2D eigenvalue weighted by Crippen LogP contribution is 2.37. The smallest absolute Gasteiger partial charge is 0.210 e. The van der Waals surface area contributed by atoms with Gasteiger partial charge in [-0.15, -0.1) is 0 Å². The lowest BCUT2D eigenvalue weighted by Gasteiger charge is -2.09. The van der Waals surface area contributed by atoms with Crippen LogP contribution in [0.1, 0.15) is 23.5 Å². The predicted molar refractivity (Wildman–Crippen MR) is 104 cm³/mol. The Labute approximate surface area is 165 Å². The van der Waals surface area contributed by atoms with Crippen molar-refractivity contribution in [3.05, 3.63) is 64.2 Å². The molecule has 0 saturated heterocycles. The normalized spacial score (nSPS) is 11.7. The van der Waals surface area contributed by atoms with Gasteiger partial charge in [0.05, 0.1) is 4.90 Å². The lowest BCUT2D eigenvalue weighted by molar-refractivity contribution is 0.0940. The third kappa shape index (κ3) is 3.81. The molecular formula is C19H15ClFNO3S2. The van der Waals surface area contributed by atoms with Gasteiger partial charge in [0.15, 0.2) is 5.78 Å². The molecule has 0 aliphatic carbocycles. The zero-order valence-corrected chi connectivity index (χ0v) is 16.8. The van der Waals surface area contributed by atoms with Gasteiger partial charge in [0.2, 0.25) is 9.84 Å². The number of aromatic nitrogens is 1. The van der Waals surface area contributed by atoms with Crippen LogP contribution in [0.3, 0.4) is 0 Å². The SMILES string of the molecule is CC(C)C(=O)c1snc(-c2ccc(F)cc2)c1S(=O)(=O)c1ccc(Cl)cc1. The first-order chi connectivity index (χ1) is 12.7. The highest BCUT2D eigenvalue weighted by Gasteiger charge is 2.32. The van der Waals surface area contributed by atoms with Gasteiger partial charge in [-0.1, -0.05) is 25.4 Å². The van der Waals surface area contributed by atoms with Crippen molar-refractivity contribution < 1.29 is 17.6 Å². The second-order valence-electron chi connectivity index (χ2n) is 6.17. The predicted octanol–water partition coefficient (Wildman–Crippen LogP) is 5.27. The number of halogens is 2. The van der Waals surface area contributed by atoms with Gasteiger partial charge in [-0.25, -0.2) is 12.8 Å². The summed E-state index contributed by atoms with van der Waals surface area (Å²) in [7, 11) is -4.04. The first-order valence-electron chi connectivity index (χ1n) is 8.02. The number of benzene rings is 2. The van der Waals surface area contributed by atoms with E-state index in [2.05, 4.69) is 4.37 Å². The van der Waals surface area contributed by atoms with Crippen molar-refractivity contribution in [1.82, 2.24) is 4.37 Å². The van der Waals surface area contributed by atoms with Crippen molar-refractivity contribution in [2.24, 2.45) is 5.92 Å². The molecule has 2 aromatic carbocycles. The third-order valence-electron chi connectivity index (χ3n) is 3.91. The highest BCUT2D eigenvalue weighted by molar-refractivity contribution is 7.91. The van der Waals surface area contributed by atoms with Crippen LogP contribution in [-0.4, -0.2) is 18.6 Å². The van der Waals surface area contributed by atoms with Gasteiger partial charge >= 0.3 is 0 Å². The van der Waals surface area contributed by atoms with Crippen molar-refractivity contribution in [3.8, 4) is 11.3 Å². The van der Waals surface area contributed by atoms with Crippen molar-refractivity contribution in [3.63, 3.8) is 0 Å². The average Bonchev–Trinajstić information content (AvgIpc) is 3.07. The lowest BCUT2D eigenvalue weighted by atomic mass is 10.1. The van der Waals surface area contributed by atoms with Crippen LogP contribution in [0.5, 0.6) is 0 Å². The summed E-state index contributed by atoms with van der Waals surface area (Å²) in [5.74, 6) is -1.16. The van der Waals surface area contributed by atoms with E-state index in [1.165, 1.54) is 48.5 Å². The molecule has 0 aliphatic rings. The maximum atomic E-state index is 13.3. The minimum absolute atomic E-state index is 0.00766. The molecule has 27 heavy (non-hydrogen) atoms. The standard InChI is InChI=1S/C19H15ClFNO3S2/c1-11(2)17(23)18-19(27(24,25)15-9-5-13(20)6-10-15)16(22-26-18)12-3-7-14(21)8-4-12/h3-11H,1-2H3. The van der Waals surface area contributed by atoms with Crippen molar-refractivity contribution in [2.45, 2.75) is 23.6 Å². The molecule has 4 nitrogen and oxygen atoms in total. The number of rotatable bonds is 5. The fourth-order valence-corrected chi connectivity index (χ4v) is 5.48. The number of ketones is 1. The van der Waals surface area contributed by atoms with Gasteiger partial charge in [-0.3, -0.25) is 4.79 Å². The minimum atomic E-state index is -4.04. The minimum Gasteiger partial charge on any atom is -0.293 e. The lowest BCUT2D eigenvalue weighted by Crippen LogP contribution is -2.12. The van der Waals surface area contributed by atoms with E-state index in [0.29, 0.717) is 10.6 Å². The molecule has 0 radical (unpaired) electrons. The van der Waals surface area contributed by atoms with Crippen LogP contribution in [0, 0.1) is 11.7 Å². The summed E-state index contributed by atoms with van der Waals surface area (Å²) in [5.41, 5.74) is 0.557. The number of nitrogens with zero attached hydrogens (tertiary/aromatic N) is 1. The molecule has 0 aliphatic heterocycles. The Bertz CT molecular complexity index is 1090. The molecule has 0 saturated carbocycles. The third-order valence-corrected chi connectivity index (χ3v) is 6.98. The molecule has 0 fully saturated rings. The van der Waals surface area contributed by atoms with E-state index in [4.69, 9.17) is 11.6 Å². The van der Waals surface area contributed by atoms with Gasteiger partial charge in [0, 0.05) is 16.5 Å². The van der Waals surface area contributed by atoms with Gasteiger partial charge in [-0.05, 0) is 60.1 Å². The molecular weight excluding hydrogens is 409 g/mol. The van der Waals surface area contributed by atoms with E-state index >= 15 is 0 Å². The van der Waals surface area contributed by atoms with Crippen LogP contribution in [0.2, 0.25) is 5.02 Å². The maximum absolute atomic E-state index is 13.3. The van der Waals surface area contributed by atoms with Gasteiger partial charge in [-0.2, -0.15) is 4.37 Å². The van der Waals surface area contributed by atoms with Crippen LogP contribution in [0.15, 0.2) is 58.3 Å². The molecule has 1 aromatic heterocycles. The van der Waals surface area contributed by atoms with Crippen LogP contribution in [-0.2, 0) is 9.84 Å². The van der Waals surface area contributed by atoms with Crippen LogP contribution in [0.4, 0.5) is 4.39 Å². The summed E-state index contributed by atoms with van der Waals surface area (Å²) in [6.07, 6.45) is 0.